The van der Waals surface area contributed by atoms with Gasteiger partial charge in [0.2, 0.25) is 5.91 Å². The molecule has 0 aliphatic carbocycles. The van der Waals surface area contributed by atoms with Gasteiger partial charge in [0, 0.05) is 43.3 Å². The molecule has 1 fully saturated rings. The predicted octanol–water partition coefficient (Wildman–Crippen LogP) is 3.22. The number of para-hydroxylation sites is 1. The minimum Gasteiger partial charge on any atom is -0.450 e. The monoisotopic (exact) mass is 483 g/mol. The largest absolute Gasteiger partial charge is 0.450 e. The minimum atomic E-state index is -3.63. The number of hydrogen-bond donors (Lipinski definition) is 0. The van der Waals surface area contributed by atoms with Gasteiger partial charge < -0.3 is 19.1 Å². The molecule has 0 radical (unpaired) electrons. The summed E-state index contributed by atoms with van der Waals surface area (Å²) in [5, 5.41) is 0.607. The number of nitrogens with zero attached hydrogens (tertiary/aromatic N) is 3. The normalized spacial score (nSPS) is 14.4. The second kappa shape index (κ2) is 9.89. The topological polar surface area (TPSA) is 88.9 Å². The van der Waals surface area contributed by atoms with Crippen LogP contribution in [0.3, 0.4) is 0 Å². The first-order valence-electron chi connectivity index (χ1n) is 11.3. The van der Waals surface area contributed by atoms with E-state index in [-0.39, 0.29) is 29.2 Å². The molecule has 4 rings (SSSR count). The lowest BCUT2D eigenvalue weighted by Gasteiger charge is -2.34. The highest BCUT2D eigenvalue weighted by Gasteiger charge is 2.27. The molecule has 0 N–H and O–H groups in total. The van der Waals surface area contributed by atoms with Gasteiger partial charge in [0.15, 0.2) is 9.84 Å². The maximum Gasteiger partial charge on any atom is 0.409 e. The van der Waals surface area contributed by atoms with Gasteiger partial charge in [-0.05, 0) is 31.0 Å². The van der Waals surface area contributed by atoms with E-state index < -0.39 is 9.84 Å². The molecule has 0 spiro atoms. The molecule has 0 saturated carbocycles. The number of benzene rings is 2. The summed E-state index contributed by atoms with van der Waals surface area (Å²) in [6, 6.07) is 14.7. The maximum atomic E-state index is 13.4. The van der Waals surface area contributed by atoms with Gasteiger partial charge in [0.1, 0.15) is 6.54 Å². The SMILES string of the molecule is CCOC(=O)N1CCN(C(=O)Cn2cc(S(=O)(=O)Cc3ccccc3C)c3ccccc32)CC1. The number of rotatable bonds is 6. The standard InChI is InChI=1S/C25H29N3O5S/c1-3-33-25(30)27-14-12-26(13-15-27)24(29)17-28-16-23(21-10-6-7-11-22(21)28)34(31,32)18-20-9-5-4-8-19(20)2/h4-11,16H,3,12-15,17-18H2,1-2H3. The second-order valence-electron chi connectivity index (χ2n) is 8.39. The Morgan fingerprint density at radius 3 is 2.29 bits per heavy atom. The molecular formula is C25H29N3O5S. The average molecular weight is 484 g/mol. The molecule has 2 aromatic carbocycles. The van der Waals surface area contributed by atoms with E-state index in [9.17, 15) is 18.0 Å². The molecule has 0 unspecified atom stereocenters. The first kappa shape index (κ1) is 23.8. The van der Waals surface area contributed by atoms with Crippen molar-refractivity contribution in [3.05, 3.63) is 65.9 Å². The summed E-state index contributed by atoms with van der Waals surface area (Å²) in [5.41, 5.74) is 2.38. The zero-order chi connectivity index (χ0) is 24.3. The van der Waals surface area contributed by atoms with E-state index in [4.69, 9.17) is 4.74 Å². The number of piperazine rings is 1. The number of aromatic nitrogens is 1. The van der Waals surface area contributed by atoms with Crippen LogP contribution in [0.15, 0.2) is 59.6 Å². The number of sulfone groups is 1. The van der Waals surface area contributed by atoms with Crippen LogP contribution in [0.25, 0.3) is 10.9 Å². The van der Waals surface area contributed by atoms with Crippen LogP contribution in [0, 0.1) is 6.92 Å². The van der Waals surface area contributed by atoms with Crippen LogP contribution in [0.4, 0.5) is 4.79 Å². The molecule has 0 atom stereocenters. The summed E-state index contributed by atoms with van der Waals surface area (Å²) in [6.45, 7) is 5.64. The quantitative estimate of drug-likeness (QED) is 0.537. The molecule has 2 heterocycles. The van der Waals surface area contributed by atoms with Gasteiger partial charge in [0.05, 0.1) is 17.3 Å². The molecular weight excluding hydrogens is 454 g/mol. The van der Waals surface area contributed by atoms with Gasteiger partial charge in [0.25, 0.3) is 0 Å². The first-order valence-corrected chi connectivity index (χ1v) is 13.0. The molecule has 0 bridgehead atoms. The van der Waals surface area contributed by atoms with E-state index in [1.165, 1.54) is 0 Å². The summed E-state index contributed by atoms with van der Waals surface area (Å²) < 4.78 is 33.5. The molecule has 1 aliphatic heterocycles. The molecule has 3 aromatic rings. The van der Waals surface area contributed by atoms with E-state index in [1.807, 2.05) is 43.3 Å². The van der Waals surface area contributed by atoms with E-state index in [0.717, 1.165) is 11.1 Å². The van der Waals surface area contributed by atoms with Crippen molar-refractivity contribution in [2.45, 2.75) is 31.0 Å². The Morgan fingerprint density at radius 1 is 0.941 bits per heavy atom. The average Bonchev–Trinajstić information content (AvgIpc) is 3.20. The Kier molecular flexibility index (Phi) is 6.92. The van der Waals surface area contributed by atoms with Crippen LogP contribution >= 0.6 is 0 Å². The van der Waals surface area contributed by atoms with Crippen molar-refractivity contribution in [3.8, 4) is 0 Å². The highest BCUT2D eigenvalue weighted by atomic mass is 32.2. The van der Waals surface area contributed by atoms with Crippen LogP contribution in [-0.2, 0) is 31.7 Å². The van der Waals surface area contributed by atoms with E-state index in [2.05, 4.69) is 0 Å². The summed E-state index contributed by atoms with van der Waals surface area (Å²) in [5.74, 6) is -0.218. The van der Waals surface area contributed by atoms with Crippen molar-refractivity contribution in [1.82, 2.24) is 14.4 Å². The Balaban J connectivity index is 1.54. The Hall–Kier alpha value is -3.33. The summed E-state index contributed by atoms with van der Waals surface area (Å²) >= 11 is 0. The van der Waals surface area contributed by atoms with Crippen molar-refractivity contribution in [3.63, 3.8) is 0 Å². The second-order valence-corrected chi connectivity index (χ2v) is 10.3. The van der Waals surface area contributed by atoms with Crippen molar-refractivity contribution in [2.24, 2.45) is 0 Å². The third-order valence-corrected chi connectivity index (χ3v) is 7.84. The highest BCUT2D eigenvalue weighted by molar-refractivity contribution is 7.90. The molecule has 9 heteroatoms. The smallest absolute Gasteiger partial charge is 0.409 e. The van der Waals surface area contributed by atoms with Gasteiger partial charge in [-0.1, -0.05) is 42.5 Å². The van der Waals surface area contributed by atoms with Crippen molar-refractivity contribution in [1.29, 1.82) is 0 Å². The highest BCUT2D eigenvalue weighted by Crippen LogP contribution is 2.29. The van der Waals surface area contributed by atoms with Crippen LogP contribution in [0.2, 0.25) is 0 Å². The Labute approximate surface area is 199 Å². The molecule has 180 valence electrons. The summed E-state index contributed by atoms with van der Waals surface area (Å²) in [6.07, 6.45) is 1.21. The Bertz CT molecular complexity index is 1310. The zero-order valence-corrected chi connectivity index (χ0v) is 20.3. The van der Waals surface area contributed by atoms with Gasteiger partial charge >= 0.3 is 6.09 Å². The van der Waals surface area contributed by atoms with Gasteiger partial charge in [-0.15, -0.1) is 0 Å². The maximum absolute atomic E-state index is 13.4. The fourth-order valence-electron chi connectivity index (χ4n) is 4.25. The molecule has 2 amide bonds. The number of carbonyl (C=O) groups excluding carboxylic acids is 2. The van der Waals surface area contributed by atoms with Gasteiger partial charge in [-0.2, -0.15) is 0 Å². The summed E-state index contributed by atoms with van der Waals surface area (Å²) in [7, 11) is -3.63. The van der Waals surface area contributed by atoms with Crippen molar-refractivity contribution >= 4 is 32.7 Å². The minimum absolute atomic E-state index is 0.0276. The number of aryl methyl sites for hydroxylation is 1. The number of amides is 2. The number of fused-ring (bicyclic) bond motifs is 1. The fourth-order valence-corrected chi connectivity index (χ4v) is 5.93. The molecule has 34 heavy (non-hydrogen) atoms. The lowest BCUT2D eigenvalue weighted by Crippen LogP contribution is -2.51. The molecule has 1 saturated heterocycles. The predicted molar refractivity (Wildman–Crippen MR) is 129 cm³/mol. The van der Waals surface area contributed by atoms with Crippen LogP contribution in [-0.4, -0.2) is 67.6 Å². The fraction of sp³-hybridized carbons (Fsp3) is 0.360. The van der Waals surface area contributed by atoms with Crippen LogP contribution in [0.5, 0.6) is 0 Å². The third-order valence-electron chi connectivity index (χ3n) is 6.16. The first-order chi connectivity index (χ1) is 16.3. The van der Waals surface area contributed by atoms with Gasteiger partial charge in [-0.3, -0.25) is 4.79 Å². The van der Waals surface area contributed by atoms with E-state index in [1.54, 1.807) is 39.6 Å². The lowest BCUT2D eigenvalue weighted by atomic mass is 10.1. The summed E-state index contributed by atoms with van der Waals surface area (Å²) in [4.78, 5) is 28.4. The van der Waals surface area contributed by atoms with Crippen molar-refractivity contribution < 1.29 is 22.7 Å². The lowest BCUT2D eigenvalue weighted by molar-refractivity contribution is -0.133. The number of ether oxygens (including phenoxy) is 1. The molecule has 1 aliphatic rings. The van der Waals surface area contributed by atoms with Crippen molar-refractivity contribution in [2.75, 3.05) is 32.8 Å². The third kappa shape index (κ3) is 4.94. The van der Waals surface area contributed by atoms with Crippen LogP contribution in [0.1, 0.15) is 18.1 Å². The Morgan fingerprint density at radius 2 is 1.59 bits per heavy atom. The molecule has 1 aromatic heterocycles. The van der Waals surface area contributed by atoms with E-state index >= 15 is 0 Å². The van der Waals surface area contributed by atoms with E-state index in [0.29, 0.717) is 43.7 Å². The van der Waals surface area contributed by atoms with Crippen LogP contribution < -0.4 is 0 Å². The zero-order valence-electron chi connectivity index (χ0n) is 19.4. The molecule has 8 nitrogen and oxygen atoms in total. The number of carbonyl (C=O) groups is 2. The van der Waals surface area contributed by atoms with Gasteiger partial charge in [-0.25, -0.2) is 13.2 Å². The number of hydrogen-bond acceptors (Lipinski definition) is 5.